The van der Waals surface area contributed by atoms with E-state index in [4.69, 9.17) is 9.84 Å². The van der Waals surface area contributed by atoms with Crippen LogP contribution in [0.3, 0.4) is 0 Å². The number of carboxylic acid groups (broad SMARTS) is 1. The Morgan fingerprint density at radius 3 is 2.80 bits per heavy atom. The number of hydrogen-bond donors (Lipinski definition) is 1. The van der Waals surface area contributed by atoms with Gasteiger partial charge in [0, 0.05) is 37.7 Å². The third-order valence-electron chi connectivity index (χ3n) is 3.65. The van der Waals surface area contributed by atoms with Gasteiger partial charge in [-0.1, -0.05) is 0 Å². The molecule has 6 nitrogen and oxygen atoms in total. The molecule has 2 amide bonds. The molecule has 0 aromatic rings. The minimum Gasteiger partial charge on any atom is -0.481 e. The standard InChI is InChI=1S/C13H22N2O4S/c1-19-6-4-14(10-2-3-10)13(18)15-5-7-20-9-11(15)8-12(16)17/h10-11H,2-9H2,1H3,(H,16,17). The normalized spacial score (nSPS) is 22.6. The van der Waals surface area contributed by atoms with Crippen molar-refractivity contribution < 1.29 is 19.4 Å². The number of thioether (sulfide) groups is 1. The van der Waals surface area contributed by atoms with Crippen LogP contribution < -0.4 is 0 Å². The second kappa shape index (κ2) is 7.17. The van der Waals surface area contributed by atoms with Gasteiger partial charge in [-0.05, 0) is 12.8 Å². The summed E-state index contributed by atoms with van der Waals surface area (Å²) >= 11 is 1.72. The Bertz CT molecular complexity index is 362. The van der Waals surface area contributed by atoms with E-state index in [1.54, 1.807) is 23.8 Å². The molecule has 0 aromatic heterocycles. The van der Waals surface area contributed by atoms with Gasteiger partial charge in [0.25, 0.3) is 0 Å². The molecule has 2 aliphatic rings. The highest BCUT2D eigenvalue weighted by atomic mass is 32.2. The van der Waals surface area contributed by atoms with Crippen LogP contribution in [0.15, 0.2) is 0 Å². The number of ether oxygens (including phenoxy) is 1. The fourth-order valence-electron chi connectivity index (χ4n) is 2.45. The lowest BCUT2D eigenvalue weighted by Gasteiger charge is -2.38. The number of amides is 2. The van der Waals surface area contributed by atoms with Gasteiger partial charge in [0.2, 0.25) is 0 Å². The Morgan fingerprint density at radius 2 is 2.20 bits per heavy atom. The van der Waals surface area contributed by atoms with Crippen molar-refractivity contribution in [1.29, 1.82) is 0 Å². The smallest absolute Gasteiger partial charge is 0.320 e. The molecule has 114 valence electrons. The quantitative estimate of drug-likeness (QED) is 0.796. The molecule has 1 aliphatic heterocycles. The van der Waals surface area contributed by atoms with E-state index in [-0.39, 0.29) is 18.5 Å². The van der Waals surface area contributed by atoms with Gasteiger partial charge in [0.15, 0.2) is 0 Å². The van der Waals surface area contributed by atoms with Crippen molar-refractivity contribution in [3.8, 4) is 0 Å². The fraction of sp³-hybridized carbons (Fsp3) is 0.846. The van der Waals surface area contributed by atoms with Gasteiger partial charge in [-0.25, -0.2) is 4.79 Å². The largest absolute Gasteiger partial charge is 0.481 e. The lowest BCUT2D eigenvalue weighted by atomic mass is 10.2. The molecule has 1 heterocycles. The molecule has 1 aliphatic carbocycles. The van der Waals surface area contributed by atoms with Crippen LogP contribution in [-0.4, -0.2) is 77.3 Å². The van der Waals surface area contributed by atoms with E-state index in [1.165, 1.54) is 0 Å². The van der Waals surface area contributed by atoms with Gasteiger partial charge in [0.05, 0.1) is 19.1 Å². The fourth-order valence-corrected chi connectivity index (χ4v) is 3.51. The minimum atomic E-state index is -0.842. The Balaban J connectivity index is 2.00. The number of rotatable bonds is 6. The SMILES string of the molecule is COCCN(C(=O)N1CCSCC1CC(=O)O)C1CC1. The van der Waals surface area contributed by atoms with Gasteiger partial charge in [-0.2, -0.15) is 11.8 Å². The average Bonchev–Trinajstić information content (AvgIpc) is 3.23. The van der Waals surface area contributed by atoms with Crippen LogP contribution in [-0.2, 0) is 9.53 Å². The summed E-state index contributed by atoms with van der Waals surface area (Å²) in [6, 6.07) is 0.108. The highest BCUT2D eigenvalue weighted by molar-refractivity contribution is 7.99. The zero-order chi connectivity index (χ0) is 14.5. The maximum atomic E-state index is 12.7. The Kier molecular flexibility index (Phi) is 5.54. The second-order valence-electron chi connectivity index (χ2n) is 5.22. The molecule has 1 saturated heterocycles. The number of carbonyl (C=O) groups is 2. The summed E-state index contributed by atoms with van der Waals surface area (Å²) in [4.78, 5) is 27.2. The van der Waals surface area contributed by atoms with E-state index in [9.17, 15) is 9.59 Å². The second-order valence-corrected chi connectivity index (χ2v) is 6.37. The number of carbonyl (C=O) groups excluding carboxylic acids is 1. The zero-order valence-electron chi connectivity index (χ0n) is 11.8. The molecule has 0 aromatic carbocycles. The van der Waals surface area contributed by atoms with E-state index >= 15 is 0 Å². The van der Waals surface area contributed by atoms with Crippen molar-refractivity contribution in [2.24, 2.45) is 0 Å². The Labute approximate surface area is 123 Å². The van der Waals surface area contributed by atoms with Crippen molar-refractivity contribution in [1.82, 2.24) is 9.80 Å². The highest BCUT2D eigenvalue weighted by Crippen LogP contribution is 2.29. The van der Waals surface area contributed by atoms with E-state index in [2.05, 4.69) is 0 Å². The lowest BCUT2D eigenvalue weighted by molar-refractivity contribution is -0.138. The molecule has 1 N–H and O–H groups in total. The number of nitrogens with zero attached hydrogens (tertiary/aromatic N) is 2. The van der Waals surface area contributed by atoms with Gasteiger partial charge in [-0.15, -0.1) is 0 Å². The third kappa shape index (κ3) is 4.02. The summed E-state index contributed by atoms with van der Waals surface area (Å²) in [6.45, 7) is 1.75. The summed E-state index contributed by atoms with van der Waals surface area (Å²) in [5, 5.41) is 8.99. The maximum Gasteiger partial charge on any atom is 0.320 e. The summed E-state index contributed by atoms with van der Waals surface area (Å²) in [6.07, 6.45) is 2.12. The predicted octanol–water partition coefficient (Wildman–Crippen LogP) is 1.11. The van der Waals surface area contributed by atoms with Crippen molar-refractivity contribution in [2.75, 3.05) is 38.3 Å². The maximum absolute atomic E-state index is 12.7. The number of hydrogen-bond acceptors (Lipinski definition) is 4. The minimum absolute atomic E-state index is 0.0175. The van der Waals surface area contributed by atoms with Crippen molar-refractivity contribution in [3.63, 3.8) is 0 Å². The molecule has 1 unspecified atom stereocenters. The topological polar surface area (TPSA) is 70.1 Å². The van der Waals surface area contributed by atoms with Crippen molar-refractivity contribution in [2.45, 2.75) is 31.3 Å². The van der Waals surface area contributed by atoms with Crippen LogP contribution in [0.2, 0.25) is 0 Å². The molecule has 2 fully saturated rings. The molecule has 0 bridgehead atoms. The molecule has 1 atom stereocenters. The molecule has 2 rings (SSSR count). The predicted molar refractivity (Wildman–Crippen MR) is 77.1 cm³/mol. The van der Waals surface area contributed by atoms with Crippen LogP contribution in [0, 0.1) is 0 Å². The van der Waals surface area contributed by atoms with Gasteiger partial charge >= 0.3 is 12.0 Å². The lowest BCUT2D eigenvalue weighted by Crippen LogP contribution is -2.53. The molecule has 20 heavy (non-hydrogen) atoms. The van der Waals surface area contributed by atoms with E-state index in [0.717, 1.165) is 18.6 Å². The average molecular weight is 302 g/mol. The zero-order valence-corrected chi connectivity index (χ0v) is 12.6. The summed E-state index contributed by atoms with van der Waals surface area (Å²) in [5.74, 6) is 0.746. The number of aliphatic carboxylic acids is 1. The Hall–Kier alpha value is -0.950. The van der Waals surface area contributed by atoms with Gasteiger partial charge in [-0.3, -0.25) is 4.79 Å². The molecular formula is C13H22N2O4S. The van der Waals surface area contributed by atoms with E-state index in [0.29, 0.717) is 31.5 Å². The van der Waals surface area contributed by atoms with E-state index < -0.39 is 5.97 Å². The monoisotopic (exact) mass is 302 g/mol. The molecule has 0 radical (unpaired) electrons. The van der Waals surface area contributed by atoms with E-state index in [1.807, 2.05) is 4.90 Å². The summed E-state index contributed by atoms with van der Waals surface area (Å²) < 4.78 is 5.07. The molecule has 7 heteroatoms. The van der Waals surface area contributed by atoms with Gasteiger partial charge < -0.3 is 19.6 Å². The first kappa shape index (κ1) is 15.4. The molecular weight excluding hydrogens is 280 g/mol. The molecule has 0 spiro atoms. The third-order valence-corrected chi connectivity index (χ3v) is 4.74. The first-order chi connectivity index (χ1) is 9.63. The van der Waals surface area contributed by atoms with Crippen LogP contribution in [0.5, 0.6) is 0 Å². The van der Waals surface area contributed by atoms with Crippen molar-refractivity contribution >= 4 is 23.8 Å². The summed E-state index contributed by atoms with van der Waals surface area (Å²) in [7, 11) is 1.63. The van der Waals surface area contributed by atoms with Crippen molar-refractivity contribution in [3.05, 3.63) is 0 Å². The summed E-state index contributed by atoms with van der Waals surface area (Å²) in [5.41, 5.74) is 0. The number of methoxy groups -OCH3 is 1. The van der Waals surface area contributed by atoms with Crippen LogP contribution in [0.25, 0.3) is 0 Å². The Morgan fingerprint density at radius 1 is 1.45 bits per heavy atom. The van der Waals surface area contributed by atoms with Crippen LogP contribution in [0.4, 0.5) is 4.79 Å². The van der Waals surface area contributed by atoms with Crippen LogP contribution >= 0.6 is 11.8 Å². The highest BCUT2D eigenvalue weighted by Gasteiger charge is 2.38. The van der Waals surface area contributed by atoms with Gasteiger partial charge in [0.1, 0.15) is 0 Å². The molecule has 1 saturated carbocycles. The first-order valence-corrected chi connectivity index (χ1v) is 8.14. The first-order valence-electron chi connectivity index (χ1n) is 6.99. The number of carboxylic acids is 1. The number of urea groups is 1. The van der Waals surface area contributed by atoms with Crippen LogP contribution in [0.1, 0.15) is 19.3 Å².